The lowest BCUT2D eigenvalue weighted by Crippen LogP contribution is -2.32. The first-order valence-corrected chi connectivity index (χ1v) is 6.58. The molecule has 0 saturated carbocycles. The minimum Gasteiger partial charge on any atom is -0.372 e. The molecular formula is C14H21N3O. The van der Waals surface area contributed by atoms with E-state index in [1.165, 1.54) is 24.9 Å². The van der Waals surface area contributed by atoms with Crippen molar-refractivity contribution in [1.82, 2.24) is 0 Å². The van der Waals surface area contributed by atoms with Gasteiger partial charge in [0.15, 0.2) is 0 Å². The lowest BCUT2D eigenvalue weighted by atomic mass is 10.1. The molecule has 0 aromatic heterocycles. The van der Waals surface area contributed by atoms with E-state index in [-0.39, 0.29) is 5.91 Å². The van der Waals surface area contributed by atoms with E-state index in [0.29, 0.717) is 0 Å². The van der Waals surface area contributed by atoms with Crippen molar-refractivity contribution in [3.8, 4) is 0 Å². The van der Waals surface area contributed by atoms with E-state index in [1.807, 2.05) is 12.1 Å². The van der Waals surface area contributed by atoms with Crippen molar-refractivity contribution in [2.75, 3.05) is 23.3 Å². The molecule has 18 heavy (non-hydrogen) atoms. The molecule has 1 fully saturated rings. The molecule has 4 nitrogen and oxygen atoms in total. The Morgan fingerprint density at radius 2 is 1.83 bits per heavy atom. The second kappa shape index (κ2) is 5.87. The second-order valence-corrected chi connectivity index (χ2v) is 4.87. The molecule has 1 aromatic carbocycles. The summed E-state index contributed by atoms with van der Waals surface area (Å²) in [6.45, 7) is 3.94. The summed E-state index contributed by atoms with van der Waals surface area (Å²) < 4.78 is 0. The van der Waals surface area contributed by atoms with Crippen LogP contribution in [-0.2, 0) is 4.79 Å². The number of nitrogens with zero attached hydrogens (tertiary/aromatic N) is 1. The summed E-state index contributed by atoms with van der Waals surface area (Å²) >= 11 is 0. The highest BCUT2D eigenvalue weighted by Crippen LogP contribution is 2.21. The Morgan fingerprint density at radius 1 is 1.22 bits per heavy atom. The summed E-state index contributed by atoms with van der Waals surface area (Å²) in [5.41, 5.74) is 7.54. The summed E-state index contributed by atoms with van der Waals surface area (Å²) in [6, 6.07) is 7.50. The molecule has 1 atom stereocenters. The number of amides is 1. The highest BCUT2D eigenvalue weighted by Gasteiger charge is 2.11. The fourth-order valence-corrected chi connectivity index (χ4v) is 2.16. The quantitative estimate of drug-likeness (QED) is 0.858. The molecule has 1 saturated heterocycles. The molecule has 0 radical (unpaired) electrons. The Bertz CT molecular complexity index is 394. The van der Waals surface area contributed by atoms with Gasteiger partial charge in [-0.05, 0) is 50.5 Å². The van der Waals surface area contributed by atoms with Crippen LogP contribution < -0.4 is 16.0 Å². The Hall–Kier alpha value is -1.55. The van der Waals surface area contributed by atoms with Crippen molar-refractivity contribution in [2.45, 2.75) is 32.2 Å². The van der Waals surface area contributed by atoms with Gasteiger partial charge in [-0.1, -0.05) is 0 Å². The average Bonchev–Trinajstić information content (AvgIpc) is 2.40. The van der Waals surface area contributed by atoms with E-state index in [1.54, 1.807) is 6.92 Å². The molecular weight excluding hydrogens is 226 g/mol. The van der Waals surface area contributed by atoms with Crippen LogP contribution in [0.25, 0.3) is 0 Å². The zero-order valence-corrected chi connectivity index (χ0v) is 10.9. The van der Waals surface area contributed by atoms with Crippen LogP contribution in [-0.4, -0.2) is 25.0 Å². The molecule has 1 aliphatic heterocycles. The predicted molar refractivity (Wildman–Crippen MR) is 74.8 cm³/mol. The molecule has 3 N–H and O–H groups in total. The number of carbonyl (C=O) groups excluding carboxylic acids is 1. The lowest BCUT2D eigenvalue weighted by Gasteiger charge is -2.28. The molecule has 0 unspecified atom stereocenters. The summed E-state index contributed by atoms with van der Waals surface area (Å²) in [7, 11) is 0. The maximum Gasteiger partial charge on any atom is 0.240 e. The lowest BCUT2D eigenvalue weighted by molar-refractivity contribution is -0.117. The number of hydrogen-bond acceptors (Lipinski definition) is 3. The van der Waals surface area contributed by atoms with Crippen molar-refractivity contribution < 1.29 is 4.79 Å². The minimum absolute atomic E-state index is 0.152. The highest BCUT2D eigenvalue weighted by atomic mass is 16.2. The van der Waals surface area contributed by atoms with Gasteiger partial charge >= 0.3 is 0 Å². The van der Waals surface area contributed by atoms with Crippen LogP contribution in [0.3, 0.4) is 0 Å². The monoisotopic (exact) mass is 247 g/mol. The fourth-order valence-electron chi connectivity index (χ4n) is 2.16. The minimum atomic E-state index is -0.480. The maximum absolute atomic E-state index is 11.5. The third-order valence-corrected chi connectivity index (χ3v) is 3.27. The Morgan fingerprint density at radius 3 is 2.39 bits per heavy atom. The number of anilines is 2. The van der Waals surface area contributed by atoms with Gasteiger partial charge in [-0.25, -0.2) is 0 Å². The normalized spacial score (nSPS) is 17.3. The van der Waals surface area contributed by atoms with Crippen LogP contribution in [0.5, 0.6) is 0 Å². The average molecular weight is 247 g/mol. The standard InChI is InChI=1S/C14H21N3O/c1-11(15)14(18)16-12-5-7-13(8-6-12)17-9-3-2-4-10-17/h5-8,11H,2-4,9-10,15H2,1H3,(H,16,18)/t11-/m1/s1. The third kappa shape index (κ3) is 3.23. The predicted octanol–water partition coefficient (Wildman–Crippen LogP) is 1.96. The molecule has 4 heteroatoms. The smallest absolute Gasteiger partial charge is 0.240 e. The fraction of sp³-hybridized carbons (Fsp3) is 0.500. The molecule has 1 aliphatic rings. The van der Waals surface area contributed by atoms with Crippen LogP contribution in [0.1, 0.15) is 26.2 Å². The molecule has 1 aromatic rings. The number of rotatable bonds is 3. The van der Waals surface area contributed by atoms with Crippen LogP contribution in [0.4, 0.5) is 11.4 Å². The summed E-state index contributed by atoms with van der Waals surface area (Å²) in [5, 5.41) is 2.79. The topological polar surface area (TPSA) is 58.4 Å². The molecule has 0 bridgehead atoms. The summed E-state index contributed by atoms with van der Waals surface area (Å²) in [5.74, 6) is -0.152. The first-order valence-electron chi connectivity index (χ1n) is 6.58. The van der Waals surface area contributed by atoms with Gasteiger partial charge < -0.3 is 16.0 Å². The van der Waals surface area contributed by atoms with Gasteiger partial charge in [-0.15, -0.1) is 0 Å². The van der Waals surface area contributed by atoms with Gasteiger partial charge in [0.05, 0.1) is 6.04 Å². The first-order chi connectivity index (χ1) is 8.66. The Labute approximate surface area is 108 Å². The number of nitrogens with one attached hydrogen (secondary N) is 1. The van der Waals surface area contributed by atoms with Gasteiger partial charge in [0.1, 0.15) is 0 Å². The SMILES string of the molecule is C[C@@H](N)C(=O)Nc1ccc(N2CCCCC2)cc1. The number of hydrogen-bond donors (Lipinski definition) is 2. The maximum atomic E-state index is 11.5. The number of piperidine rings is 1. The molecule has 2 rings (SSSR count). The number of nitrogens with two attached hydrogens (primary N) is 1. The van der Waals surface area contributed by atoms with Gasteiger partial charge in [-0.3, -0.25) is 4.79 Å². The van der Waals surface area contributed by atoms with Crippen molar-refractivity contribution in [3.63, 3.8) is 0 Å². The molecule has 1 heterocycles. The van der Waals surface area contributed by atoms with E-state index in [4.69, 9.17) is 5.73 Å². The highest BCUT2D eigenvalue weighted by molar-refractivity contribution is 5.94. The van der Waals surface area contributed by atoms with Crippen molar-refractivity contribution in [2.24, 2.45) is 5.73 Å². The zero-order valence-electron chi connectivity index (χ0n) is 10.9. The molecule has 0 spiro atoms. The molecule has 1 amide bonds. The van der Waals surface area contributed by atoms with Gasteiger partial charge in [0, 0.05) is 24.5 Å². The van der Waals surface area contributed by atoms with E-state index in [2.05, 4.69) is 22.3 Å². The summed E-state index contributed by atoms with van der Waals surface area (Å²) in [6.07, 6.45) is 3.87. The Kier molecular flexibility index (Phi) is 4.20. The summed E-state index contributed by atoms with van der Waals surface area (Å²) in [4.78, 5) is 13.8. The Balaban J connectivity index is 1.98. The van der Waals surface area contributed by atoms with Crippen LogP contribution in [0.15, 0.2) is 24.3 Å². The van der Waals surface area contributed by atoms with Crippen molar-refractivity contribution >= 4 is 17.3 Å². The van der Waals surface area contributed by atoms with E-state index >= 15 is 0 Å². The number of benzene rings is 1. The number of carbonyl (C=O) groups is 1. The first kappa shape index (κ1) is 12.9. The van der Waals surface area contributed by atoms with Gasteiger partial charge in [0.2, 0.25) is 5.91 Å². The third-order valence-electron chi connectivity index (χ3n) is 3.27. The van der Waals surface area contributed by atoms with Crippen molar-refractivity contribution in [3.05, 3.63) is 24.3 Å². The van der Waals surface area contributed by atoms with Gasteiger partial charge in [-0.2, -0.15) is 0 Å². The molecule has 0 aliphatic carbocycles. The van der Waals surface area contributed by atoms with Crippen LogP contribution in [0.2, 0.25) is 0 Å². The van der Waals surface area contributed by atoms with Gasteiger partial charge in [0.25, 0.3) is 0 Å². The molecule has 98 valence electrons. The largest absolute Gasteiger partial charge is 0.372 e. The van der Waals surface area contributed by atoms with Crippen molar-refractivity contribution in [1.29, 1.82) is 0 Å². The van der Waals surface area contributed by atoms with E-state index in [0.717, 1.165) is 18.8 Å². The van der Waals surface area contributed by atoms with Crippen LogP contribution >= 0.6 is 0 Å². The van der Waals surface area contributed by atoms with Crippen LogP contribution in [0, 0.1) is 0 Å². The zero-order chi connectivity index (χ0) is 13.0. The van der Waals surface area contributed by atoms with E-state index < -0.39 is 6.04 Å². The second-order valence-electron chi connectivity index (χ2n) is 4.87. The van der Waals surface area contributed by atoms with E-state index in [9.17, 15) is 4.79 Å².